The van der Waals surface area contributed by atoms with Gasteiger partial charge in [-0.2, -0.15) is 0 Å². The second-order valence-electron chi connectivity index (χ2n) is 6.26. The second-order valence-corrected chi connectivity index (χ2v) is 6.26. The zero-order chi connectivity index (χ0) is 17.0. The molecular weight excluding hydrogens is 290 g/mol. The molecule has 1 atom stereocenters. The Balaban J connectivity index is 2.18. The smallest absolute Gasteiger partial charge is 0.254 e. The van der Waals surface area contributed by atoms with E-state index in [0.717, 1.165) is 23.5 Å². The minimum Gasteiger partial charge on any atom is -0.366 e. The van der Waals surface area contributed by atoms with Crippen molar-refractivity contribution in [2.75, 3.05) is 11.9 Å². The van der Waals surface area contributed by atoms with Gasteiger partial charge in [0, 0.05) is 35.6 Å². The highest BCUT2D eigenvalue weighted by Crippen LogP contribution is 2.17. The molecule has 2 aromatic heterocycles. The molecule has 0 saturated carbocycles. The van der Waals surface area contributed by atoms with Crippen LogP contribution in [0.1, 0.15) is 31.5 Å². The lowest BCUT2D eigenvalue weighted by atomic mass is 10.0. The number of nitrogens with zero attached hydrogens (tertiary/aromatic N) is 2. The number of aromatic amines is 1. The first-order chi connectivity index (χ1) is 10.9. The van der Waals surface area contributed by atoms with Gasteiger partial charge in [0.2, 0.25) is 0 Å². The van der Waals surface area contributed by atoms with E-state index in [-0.39, 0.29) is 11.6 Å². The third-order valence-electron chi connectivity index (χ3n) is 3.82. The average Bonchev–Trinajstić information content (AvgIpc) is 2.51. The molecule has 23 heavy (non-hydrogen) atoms. The summed E-state index contributed by atoms with van der Waals surface area (Å²) in [5.41, 5.74) is 7.83. The average molecular weight is 315 g/mol. The third kappa shape index (κ3) is 4.39. The molecule has 0 fully saturated rings. The van der Waals surface area contributed by atoms with E-state index in [4.69, 9.17) is 5.73 Å². The number of hydrogen-bond acceptors (Lipinski definition) is 5. The maximum Gasteiger partial charge on any atom is 0.254 e. The lowest BCUT2D eigenvalue weighted by molar-refractivity contribution is 0.521. The number of aromatic nitrogens is 3. The molecule has 2 heterocycles. The Morgan fingerprint density at radius 3 is 2.57 bits per heavy atom. The molecule has 2 aromatic rings. The van der Waals surface area contributed by atoms with E-state index < -0.39 is 0 Å². The summed E-state index contributed by atoms with van der Waals surface area (Å²) in [5, 5.41) is 3.34. The molecule has 0 aromatic carbocycles. The summed E-state index contributed by atoms with van der Waals surface area (Å²) in [7, 11) is 0. The van der Waals surface area contributed by atoms with Crippen molar-refractivity contribution in [2.45, 2.75) is 40.2 Å². The highest BCUT2D eigenvalue weighted by atomic mass is 16.1. The topological polar surface area (TPSA) is 96.7 Å². The van der Waals surface area contributed by atoms with Gasteiger partial charge in [-0.25, -0.2) is 9.97 Å². The lowest BCUT2D eigenvalue weighted by Gasteiger charge is -2.19. The van der Waals surface area contributed by atoms with Crippen LogP contribution in [0.25, 0.3) is 11.4 Å². The molecule has 1 unspecified atom stereocenters. The van der Waals surface area contributed by atoms with Gasteiger partial charge in [-0.1, -0.05) is 13.8 Å². The molecular formula is C17H25N5O. The molecule has 124 valence electrons. The number of H-pyrrole nitrogens is 1. The SMILES string of the molecule is Cc1nc(-c2ccc(NC(CN)CC(C)C)nc2)[nH]c(=O)c1C. The Kier molecular flexibility index (Phi) is 5.50. The van der Waals surface area contributed by atoms with Crippen molar-refractivity contribution in [3.8, 4) is 11.4 Å². The monoisotopic (exact) mass is 315 g/mol. The van der Waals surface area contributed by atoms with Gasteiger partial charge < -0.3 is 16.0 Å². The fraction of sp³-hybridized carbons (Fsp3) is 0.471. The quantitative estimate of drug-likeness (QED) is 0.759. The van der Waals surface area contributed by atoms with Gasteiger partial charge in [0.05, 0.1) is 0 Å². The summed E-state index contributed by atoms with van der Waals surface area (Å²) >= 11 is 0. The van der Waals surface area contributed by atoms with Crippen molar-refractivity contribution in [3.05, 3.63) is 39.9 Å². The summed E-state index contributed by atoms with van der Waals surface area (Å²) < 4.78 is 0. The Morgan fingerprint density at radius 2 is 2.04 bits per heavy atom. The summed E-state index contributed by atoms with van der Waals surface area (Å²) in [4.78, 5) is 23.4. The summed E-state index contributed by atoms with van der Waals surface area (Å²) in [5.74, 6) is 1.88. The first-order valence-electron chi connectivity index (χ1n) is 7.91. The van der Waals surface area contributed by atoms with Crippen LogP contribution in [0, 0.1) is 19.8 Å². The molecule has 0 aliphatic rings. The van der Waals surface area contributed by atoms with E-state index >= 15 is 0 Å². The van der Waals surface area contributed by atoms with Crippen molar-refractivity contribution in [1.82, 2.24) is 15.0 Å². The summed E-state index contributed by atoms with van der Waals surface area (Å²) in [6, 6.07) is 3.98. The summed E-state index contributed by atoms with van der Waals surface area (Å²) in [6.45, 7) is 8.49. The highest BCUT2D eigenvalue weighted by Gasteiger charge is 2.10. The molecule has 0 spiro atoms. The van der Waals surface area contributed by atoms with Gasteiger partial charge >= 0.3 is 0 Å². The van der Waals surface area contributed by atoms with Crippen LogP contribution in [0.2, 0.25) is 0 Å². The number of nitrogens with one attached hydrogen (secondary N) is 2. The maximum atomic E-state index is 11.8. The molecule has 6 nitrogen and oxygen atoms in total. The van der Waals surface area contributed by atoms with E-state index in [2.05, 4.69) is 34.1 Å². The van der Waals surface area contributed by atoms with Crippen molar-refractivity contribution >= 4 is 5.82 Å². The first-order valence-corrected chi connectivity index (χ1v) is 7.91. The van der Waals surface area contributed by atoms with Crippen LogP contribution < -0.4 is 16.6 Å². The van der Waals surface area contributed by atoms with Crippen LogP contribution in [0.4, 0.5) is 5.82 Å². The van der Waals surface area contributed by atoms with Crippen molar-refractivity contribution in [3.63, 3.8) is 0 Å². The van der Waals surface area contributed by atoms with Gasteiger partial charge in [-0.05, 0) is 38.3 Å². The summed E-state index contributed by atoms with van der Waals surface area (Å²) in [6.07, 6.45) is 2.70. The van der Waals surface area contributed by atoms with Crippen LogP contribution in [-0.4, -0.2) is 27.5 Å². The third-order valence-corrected chi connectivity index (χ3v) is 3.82. The Hall–Kier alpha value is -2.21. The zero-order valence-corrected chi connectivity index (χ0v) is 14.2. The fourth-order valence-electron chi connectivity index (χ4n) is 2.39. The molecule has 0 amide bonds. The van der Waals surface area contributed by atoms with Gasteiger partial charge in [0.25, 0.3) is 5.56 Å². The molecule has 0 saturated heterocycles. The Bertz CT molecular complexity index is 706. The molecule has 0 bridgehead atoms. The number of rotatable bonds is 6. The second kappa shape index (κ2) is 7.37. The largest absolute Gasteiger partial charge is 0.366 e. The lowest BCUT2D eigenvalue weighted by Crippen LogP contribution is -2.30. The van der Waals surface area contributed by atoms with E-state index in [0.29, 0.717) is 23.9 Å². The zero-order valence-electron chi connectivity index (χ0n) is 14.2. The Labute approximate surface area is 136 Å². The van der Waals surface area contributed by atoms with Crippen molar-refractivity contribution in [1.29, 1.82) is 0 Å². The molecule has 0 radical (unpaired) electrons. The van der Waals surface area contributed by atoms with E-state index in [1.807, 2.05) is 19.1 Å². The van der Waals surface area contributed by atoms with Crippen LogP contribution in [0.3, 0.4) is 0 Å². The maximum absolute atomic E-state index is 11.8. The molecule has 4 N–H and O–H groups in total. The highest BCUT2D eigenvalue weighted by molar-refractivity contribution is 5.56. The van der Waals surface area contributed by atoms with Crippen molar-refractivity contribution in [2.24, 2.45) is 11.7 Å². The van der Waals surface area contributed by atoms with Crippen molar-refractivity contribution < 1.29 is 0 Å². The number of hydrogen-bond donors (Lipinski definition) is 3. The number of aryl methyl sites for hydroxylation is 1. The normalized spacial score (nSPS) is 12.4. The molecule has 0 aliphatic carbocycles. The van der Waals surface area contributed by atoms with Gasteiger partial charge in [0.1, 0.15) is 11.6 Å². The minimum absolute atomic E-state index is 0.116. The molecule has 0 aliphatic heterocycles. The van der Waals surface area contributed by atoms with Crippen LogP contribution >= 0.6 is 0 Å². The fourth-order valence-corrected chi connectivity index (χ4v) is 2.39. The van der Waals surface area contributed by atoms with Crippen LogP contribution in [-0.2, 0) is 0 Å². The standard InChI is InChI=1S/C17H25N5O/c1-10(2)7-14(8-18)21-15-6-5-13(9-19-15)16-20-12(4)11(3)17(23)22-16/h5-6,9-10,14H,7-8,18H2,1-4H3,(H,19,21)(H,20,22,23). The van der Waals surface area contributed by atoms with Crippen LogP contribution in [0.5, 0.6) is 0 Å². The first kappa shape index (κ1) is 17.1. The van der Waals surface area contributed by atoms with Gasteiger partial charge in [0.15, 0.2) is 0 Å². The number of nitrogens with two attached hydrogens (primary N) is 1. The minimum atomic E-state index is -0.116. The Morgan fingerprint density at radius 1 is 1.30 bits per heavy atom. The van der Waals surface area contributed by atoms with Gasteiger partial charge in [-0.3, -0.25) is 4.79 Å². The molecule has 6 heteroatoms. The number of anilines is 1. The number of pyridine rings is 1. The molecule has 2 rings (SSSR count). The van der Waals surface area contributed by atoms with Crippen LogP contribution in [0.15, 0.2) is 23.1 Å². The predicted octanol–water partition coefficient (Wildman–Crippen LogP) is 2.23. The van der Waals surface area contributed by atoms with E-state index in [9.17, 15) is 4.79 Å². The predicted molar refractivity (Wildman–Crippen MR) is 93.5 cm³/mol. The van der Waals surface area contributed by atoms with E-state index in [1.54, 1.807) is 13.1 Å². The van der Waals surface area contributed by atoms with E-state index in [1.165, 1.54) is 0 Å². The van der Waals surface area contributed by atoms with Gasteiger partial charge in [-0.15, -0.1) is 0 Å².